The van der Waals surface area contributed by atoms with Gasteiger partial charge in [-0.05, 0) is 70.2 Å². The Bertz CT molecular complexity index is 632. The van der Waals surface area contributed by atoms with Crippen molar-refractivity contribution in [1.82, 2.24) is 4.90 Å². The Balaban J connectivity index is 0.00000300. The van der Waals surface area contributed by atoms with Crippen molar-refractivity contribution in [3.8, 4) is 5.75 Å². The maximum Gasteiger partial charge on any atom is 0.411 e. The predicted molar refractivity (Wildman–Crippen MR) is 120 cm³/mol. The lowest BCUT2D eigenvalue weighted by atomic mass is 9.65. The average molecular weight is 425 g/mol. The first-order valence-electron chi connectivity index (χ1n) is 11.0. The van der Waals surface area contributed by atoms with Crippen LogP contribution in [0.3, 0.4) is 0 Å². The van der Waals surface area contributed by atoms with Crippen LogP contribution in [0.2, 0.25) is 0 Å². The van der Waals surface area contributed by atoms with Gasteiger partial charge in [-0.1, -0.05) is 32.3 Å². The van der Waals surface area contributed by atoms with Crippen LogP contribution in [0.1, 0.15) is 58.3 Å². The summed E-state index contributed by atoms with van der Waals surface area (Å²) in [5.74, 6) is 1.92. The monoisotopic (exact) mass is 424 g/mol. The molecule has 6 heteroatoms. The van der Waals surface area contributed by atoms with E-state index >= 15 is 0 Å². The van der Waals surface area contributed by atoms with Gasteiger partial charge in [0.1, 0.15) is 11.9 Å². The summed E-state index contributed by atoms with van der Waals surface area (Å²) in [6.07, 6.45) is 9.21. The van der Waals surface area contributed by atoms with Crippen LogP contribution in [0.25, 0.3) is 0 Å². The van der Waals surface area contributed by atoms with Gasteiger partial charge in [-0.3, -0.25) is 5.32 Å². The number of benzene rings is 1. The van der Waals surface area contributed by atoms with Crippen LogP contribution >= 0.6 is 12.4 Å². The summed E-state index contributed by atoms with van der Waals surface area (Å²) in [4.78, 5) is 14.8. The number of unbranched alkanes of at least 4 members (excludes halogenated alkanes) is 3. The van der Waals surface area contributed by atoms with Gasteiger partial charge in [0.05, 0.1) is 6.61 Å². The van der Waals surface area contributed by atoms with E-state index in [0.717, 1.165) is 17.9 Å². The van der Waals surface area contributed by atoms with Crippen molar-refractivity contribution in [1.29, 1.82) is 0 Å². The molecule has 1 aromatic carbocycles. The van der Waals surface area contributed by atoms with Gasteiger partial charge >= 0.3 is 6.09 Å². The number of carbonyl (C=O) groups is 1. The van der Waals surface area contributed by atoms with Crippen LogP contribution in [-0.4, -0.2) is 43.8 Å². The molecule has 3 aliphatic carbocycles. The molecule has 0 unspecified atom stereocenters. The number of halogens is 1. The topological polar surface area (TPSA) is 50.8 Å². The lowest BCUT2D eigenvalue weighted by molar-refractivity contribution is -0.0703. The molecule has 2 bridgehead atoms. The molecule has 3 saturated carbocycles. The molecule has 1 amide bonds. The molecule has 0 saturated heterocycles. The van der Waals surface area contributed by atoms with E-state index in [1.54, 1.807) is 0 Å². The van der Waals surface area contributed by atoms with E-state index in [1.807, 2.05) is 24.3 Å². The van der Waals surface area contributed by atoms with E-state index in [9.17, 15) is 4.79 Å². The van der Waals surface area contributed by atoms with Crippen LogP contribution in [0.5, 0.6) is 5.75 Å². The van der Waals surface area contributed by atoms with Crippen LogP contribution in [-0.2, 0) is 4.74 Å². The SMILES string of the molecule is CCCCCCOc1cccc(NC(=O)O[C@H]2C3CCC(CC3)[C@@H]2N(C)C)c1.Cl. The maximum absolute atomic E-state index is 12.6. The van der Waals surface area contributed by atoms with Crippen molar-refractivity contribution in [2.45, 2.75) is 70.4 Å². The normalized spacial score (nSPS) is 25.4. The molecule has 4 rings (SSSR count). The molecule has 3 aliphatic rings. The lowest BCUT2D eigenvalue weighted by Crippen LogP contribution is -2.56. The average Bonchev–Trinajstić information content (AvgIpc) is 2.68. The van der Waals surface area contributed by atoms with Gasteiger partial charge in [-0.15, -0.1) is 12.4 Å². The third-order valence-electron chi connectivity index (χ3n) is 6.29. The fraction of sp³-hybridized carbons (Fsp3) is 0.696. The minimum Gasteiger partial charge on any atom is -0.494 e. The number of hydrogen-bond donors (Lipinski definition) is 1. The number of nitrogens with zero attached hydrogens (tertiary/aromatic N) is 1. The van der Waals surface area contributed by atoms with Gasteiger partial charge < -0.3 is 14.4 Å². The number of hydrogen-bond acceptors (Lipinski definition) is 4. The van der Waals surface area contributed by atoms with Crippen molar-refractivity contribution >= 4 is 24.2 Å². The Morgan fingerprint density at radius 3 is 2.52 bits per heavy atom. The fourth-order valence-corrected chi connectivity index (χ4v) is 4.90. The highest BCUT2D eigenvalue weighted by Crippen LogP contribution is 2.44. The largest absolute Gasteiger partial charge is 0.494 e. The number of rotatable bonds is 9. The van der Waals surface area contributed by atoms with E-state index in [0.29, 0.717) is 24.5 Å². The van der Waals surface area contributed by atoms with E-state index in [1.165, 1.54) is 44.9 Å². The van der Waals surface area contributed by atoms with Gasteiger partial charge in [-0.2, -0.15) is 0 Å². The summed E-state index contributed by atoms with van der Waals surface area (Å²) >= 11 is 0. The first-order valence-corrected chi connectivity index (χ1v) is 11.0. The number of amides is 1. The molecule has 0 spiro atoms. The molecule has 0 radical (unpaired) electrons. The van der Waals surface area contributed by atoms with Gasteiger partial charge in [-0.25, -0.2) is 4.79 Å². The Morgan fingerprint density at radius 2 is 1.83 bits per heavy atom. The van der Waals surface area contributed by atoms with E-state index < -0.39 is 0 Å². The maximum atomic E-state index is 12.6. The second-order valence-electron chi connectivity index (χ2n) is 8.56. The van der Waals surface area contributed by atoms with Gasteiger partial charge in [0.2, 0.25) is 0 Å². The molecule has 1 N–H and O–H groups in total. The first-order chi connectivity index (χ1) is 13.6. The number of carbonyl (C=O) groups excluding carboxylic acids is 1. The Kier molecular flexibility index (Phi) is 9.57. The highest BCUT2D eigenvalue weighted by Gasteiger charge is 2.46. The summed E-state index contributed by atoms with van der Waals surface area (Å²) in [7, 11) is 4.20. The van der Waals surface area contributed by atoms with Crippen molar-refractivity contribution in [2.75, 3.05) is 26.0 Å². The summed E-state index contributed by atoms with van der Waals surface area (Å²) in [5, 5.41) is 2.90. The molecule has 3 fully saturated rings. The summed E-state index contributed by atoms with van der Waals surface area (Å²) in [6, 6.07) is 7.91. The van der Waals surface area contributed by atoms with Gasteiger partial charge in [0.25, 0.3) is 0 Å². The molecule has 29 heavy (non-hydrogen) atoms. The van der Waals surface area contributed by atoms with Crippen molar-refractivity contribution in [3.05, 3.63) is 24.3 Å². The molecular formula is C23H37ClN2O3. The number of likely N-dealkylation sites (N-methyl/N-ethyl adjacent to an activating group) is 1. The number of fused-ring (bicyclic) bond motifs is 3. The molecule has 164 valence electrons. The zero-order chi connectivity index (χ0) is 19.9. The van der Waals surface area contributed by atoms with Crippen molar-refractivity contribution in [2.24, 2.45) is 11.8 Å². The van der Waals surface area contributed by atoms with Crippen LogP contribution in [0.4, 0.5) is 10.5 Å². The minimum atomic E-state index is -0.357. The second-order valence-corrected chi connectivity index (χ2v) is 8.56. The highest BCUT2D eigenvalue weighted by molar-refractivity contribution is 5.85. The third kappa shape index (κ3) is 6.51. The predicted octanol–water partition coefficient (Wildman–Crippen LogP) is 5.73. The molecule has 0 aliphatic heterocycles. The van der Waals surface area contributed by atoms with Crippen molar-refractivity contribution in [3.63, 3.8) is 0 Å². The number of ether oxygens (including phenoxy) is 2. The second kappa shape index (κ2) is 11.7. The molecule has 1 aromatic rings. The standard InChI is InChI=1S/C23H36N2O3.ClH/c1-4-5-6-7-15-27-20-10-8-9-19(16-20)24-23(26)28-22-18-13-11-17(12-14-18)21(22)25(2)3;/h8-10,16-18,21-22H,4-7,11-15H2,1-3H3,(H,24,26);1H/t17?,18?,21-,22-;/m0./s1. The summed E-state index contributed by atoms with van der Waals surface area (Å²) in [5.41, 5.74) is 0.721. The zero-order valence-electron chi connectivity index (χ0n) is 18.1. The third-order valence-corrected chi connectivity index (χ3v) is 6.29. The molecule has 0 heterocycles. The lowest BCUT2D eigenvalue weighted by Gasteiger charge is -2.50. The number of nitrogens with one attached hydrogen (secondary N) is 1. The smallest absolute Gasteiger partial charge is 0.411 e. The quantitative estimate of drug-likeness (QED) is 0.514. The number of anilines is 1. The Hall–Kier alpha value is -1.46. The molecule has 2 atom stereocenters. The molecule has 5 nitrogen and oxygen atoms in total. The van der Waals surface area contributed by atoms with E-state index in [-0.39, 0.29) is 24.6 Å². The Morgan fingerprint density at radius 1 is 1.10 bits per heavy atom. The van der Waals surface area contributed by atoms with E-state index in [2.05, 4.69) is 31.2 Å². The fourth-order valence-electron chi connectivity index (χ4n) is 4.90. The van der Waals surface area contributed by atoms with Gasteiger partial charge in [0.15, 0.2) is 0 Å². The van der Waals surface area contributed by atoms with Crippen LogP contribution < -0.4 is 10.1 Å². The summed E-state index contributed by atoms with van der Waals surface area (Å²) in [6.45, 7) is 2.91. The minimum absolute atomic E-state index is 0. The molecular weight excluding hydrogens is 388 g/mol. The zero-order valence-corrected chi connectivity index (χ0v) is 18.9. The van der Waals surface area contributed by atoms with Crippen molar-refractivity contribution < 1.29 is 14.3 Å². The van der Waals surface area contributed by atoms with Crippen LogP contribution in [0.15, 0.2) is 24.3 Å². The summed E-state index contributed by atoms with van der Waals surface area (Å²) < 4.78 is 11.8. The van der Waals surface area contributed by atoms with Gasteiger partial charge in [0, 0.05) is 17.8 Å². The van der Waals surface area contributed by atoms with E-state index in [4.69, 9.17) is 9.47 Å². The highest BCUT2D eigenvalue weighted by atomic mass is 35.5. The molecule has 0 aromatic heterocycles. The Labute approximate surface area is 181 Å². The first kappa shape index (κ1) is 23.8. The van der Waals surface area contributed by atoms with Crippen LogP contribution in [0, 0.1) is 11.8 Å².